The number of carbonyl (C=O) groups is 1. The highest BCUT2D eigenvalue weighted by Crippen LogP contribution is 2.06. The normalized spacial score (nSPS) is 14.6. The van der Waals surface area contributed by atoms with Gasteiger partial charge in [-0.05, 0) is 27.2 Å². The van der Waals surface area contributed by atoms with Crippen molar-refractivity contribution in [2.24, 2.45) is 12.8 Å². The SMILES string of the molecule is Cc1c(C(=O)NC(C)CC(C)N)cnn1C. The Balaban J connectivity index is 2.62. The van der Waals surface area contributed by atoms with Crippen LogP contribution in [0.3, 0.4) is 0 Å². The zero-order valence-corrected chi connectivity index (χ0v) is 10.3. The van der Waals surface area contributed by atoms with E-state index in [1.54, 1.807) is 10.9 Å². The second kappa shape index (κ2) is 5.12. The Bertz CT molecular complexity index is 370. The van der Waals surface area contributed by atoms with E-state index in [0.717, 1.165) is 12.1 Å². The lowest BCUT2D eigenvalue weighted by atomic mass is 10.1. The van der Waals surface area contributed by atoms with Crippen molar-refractivity contribution in [3.8, 4) is 0 Å². The van der Waals surface area contributed by atoms with Gasteiger partial charge in [-0.15, -0.1) is 0 Å². The number of hydrogen-bond acceptors (Lipinski definition) is 3. The number of nitrogens with zero attached hydrogens (tertiary/aromatic N) is 2. The molecule has 0 radical (unpaired) electrons. The number of aromatic nitrogens is 2. The first-order valence-corrected chi connectivity index (χ1v) is 5.47. The van der Waals surface area contributed by atoms with Crippen molar-refractivity contribution in [2.75, 3.05) is 0 Å². The minimum Gasteiger partial charge on any atom is -0.349 e. The molecule has 0 bridgehead atoms. The summed E-state index contributed by atoms with van der Waals surface area (Å²) in [6, 6.07) is 0.164. The van der Waals surface area contributed by atoms with Gasteiger partial charge in [-0.3, -0.25) is 9.48 Å². The molecule has 5 heteroatoms. The van der Waals surface area contributed by atoms with E-state index in [-0.39, 0.29) is 18.0 Å². The van der Waals surface area contributed by atoms with E-state index in [1.165, 1.54) is 0 Å². The van der Waals surface area contributed by atoms with Crippen LogP contribution in [0.15, 0.2) is 6.20 Å². The van der Waals surface area contributed by atoms with Gasteiger partial charge >= 0.3 is 0 Å². The summed E-state index contributed by atoms with van der Waals surface area (Å²) in [6.07, 6.45) is 2.36. The number of aryl methyl sites for hydroxylation is 1. The zero-order chi connectivity index (χ0) is 12.3. The van der Waals surface area contributed by atoms with Gasteiger partial charge in [0.25, 0.3) is 5.91 Å². The summed E-state index contributed by atoms with van der Waals surface area (Å²) in [4.78, 5) is 11.9. The fourth-order valence-electron chi connectivity index (χ4n) is 1.64. The van der Waals surface area contributed by atoms with Crippen LogP contribution in [0, 0.1) is 6.92 Å². The highest BCUT2D eigenvalue weighted by atomic mass is 16.1. The van der Waals surface area contributed by atoms with Crippen LogP contribution in [-0.4, -0.2) is 27.8 Å². The van der Waals surface area contributed by atoms with Gasteiger partial charge in [0.1, 0.15) is 0 Å². The Morgan fingerprint density at radius 2 is 2.25 bits per heavy atom. The van der Waals surface area contributed by atoms with Crippen molar-refractivity contribution < 1.29 is 4.79 Å². The van der Waals surface area contributed by atoms with E-state index in [9.17, 15) is 4.79 Å². The summed E-state index contributed by atoms with van der Waals surface area (Å²) in [5.74, 6) is -0.0845. The van der Waals surface area contributed by atoms with Crippen molar-refractivity contribution >= 4 is 5.91 Å². The summed E-state index contributed by atoms with van der Waals surface area (Å²) in [6.45, 7) is 5.75. The number of nitrogens with one attached hydrogen (secondary N) is 1. The molecule has 1 aromatic rings. The van der Waals surface area contributed by atoms with Crippen LogP contribution < -0.4 is 11.1 Å². The van der Waals surface area contributed by atoms with E-state index in [4.69, 9.17) is 5.73 Å². The molecule has 1 heterocycles. The van der Waals surface area contributed by atoms with Gasteiger partial charge in [0, 0.05) is 24.8 Å². The fourth-order valence-corrected chi connectivity index (χ4v) is 1.64. The molecule has 5 nitrogen and oxygen atoms in total. The average Bonchev–Trinajstić information content (AvgIpc) is 2.45. The molecule has 1 aromatic heterocycles. The van der Waals surface area contributed by atoms with Crippen molar-refractivity contribution in [3.63, 3.8) is 0 Å². The van der Waals surface area contributed by atoms with Crippen molar-refractivity contribution in [1.29, 1.82) is 0 Å². The lowest BCUT2D eigenvalue weighted by molar-refractivity contribution is 0.0937. The van der Waals surface area contributed by atoms with Crippen LogP contribution in [0.2, 0.25) is 0 Å². The van der Waals surface area contributed by atoms with Crippen LogP contribution in [0.1, 0.15) is 36.3 Å². The number of carbonyl (C=O) groups excluding carboxylic acids is 1. The third-order valence-corrected chi connectivity index (χ3v) is 2.58. The van der Waals surface area contributed by atoms with Gasteiger partial charge in [0.2, 0.25) is 0 Å². The molecule has 1 amide bonds. The lowest BCUT2D eigenvalue weighted by Crippen LogP contribution is -2.36. The molecule has 2 unspecified atom stereocenters. The summed E-state index contributed by atoms with van der Waals surface area (Å²) in [5, 5.41) is 6.95. The standard InChI is InChI=1S/C11H20N4O/c1-7(12)5-8(2)14-11(16)10-6-13-15(4)9(10)3/h6-8H,5,12H2,1-4H3,(H,14,16). The molecule has 90 valence electrons. The topological polar surface area (TPSA) is 72.9 Å². The second-order valence-electron chi connectivity index (χ2n) is 4.35. The van der Waals surface area contributed by atoms with Gasteiger partial charge in [-0.2, -0.15) is 5.10 Å². The Hall–Kier alpha value is -1.36. The first-order valence-electron chi connectivity index (χ1n) is 5.47. The van der Waals surface area contributed by atoms with E-state index >= 15 is 0 Å². The summed E-state index contributed by atoms with van der Waals surface area (Å²) < 4.78 is 1.69. The maximum atomic E-state index is 11.9. The predicted molar refractivity (Wildman–Crippen MR) is 63.1 cm³/mol. The summed E-state index contributed by atoms with van der Waals surface area (Å²) >= 11 is 0. The largest absolute Gasteiger partial charge is 0.349 e. The lowest BCUT2D eigenvalue weighted by Gasteiger charge is -2.15. The van der Waals surface area contributed by atoms with Gasteiger partial charge < -0.3 is 11.1 Å². The number of rotatable bonds is 4. The molecular formula is C11H20N4O. The molecule has 0 aliphatic carbocycles. The molecule has 3 N–H and O–H groups in total. The molecule has 0 aliphatic rings. The Kier molecular flexibility index (Phi) is 4.06. The second-order valence-corrected chi connectivity index (χ2v) is 4.35. The van der Waals surface area contributed by atoms with Gasteiger partial charge in [-0.25, -0.2) is 0 Å². The Morgan fingerprint density at radius 3 is 2.69 bits per heavy atom. The maximum absolute atomic E-state index is 11.9. The number of hydrogen-bond donors (Lipinski definition) is 2. The number of amides is 1. The van der Waals surface area contributed by atoms with E-state index in [2.05, 4.69) is 10.4 Å². The van der Waals surface area contributed by atoms with E-state index in [1.807, 2.05) is 27.8 Å². The third kappa shape index (κ3) is 3.06. The van der Waals surface area contributed by atoms with E-state index in [0.29, 0.717) is 5.56 Å². The highest BCUT2D eigenvalue weighted by molar-refractivity contribution is 5.95. The van der Waals surface area contributed by atoms with Crippen LogP contribution >= 0.6 is 0 Å². The molecule has 0 spiro atoms. The van der Waals surface area contributed by atoms with Crippen LogP contribution in [0.5, 0.6) is 0 Å². The summed E-state index contributed by atoms with van der Waals surface area (Å²) in [7, 11) is 1.82. The monoisotopic (exact) mass is 224 g/mol. The first-order chi connectivity index (χ1) is 7.41. The molecule has 0 aromatic carbocycles. The Morgan fingerprint density at radius 1 is 1.62 bits per heavy atom. The summed E-state index contributed by atoms with van der Waals surface area (Å²) in [5.41, 5.74) is 7.16. The molecular weight excluding hydrogens is 204 g/mol. The fraction of sp³-hybridized carbons (Fsp3) is 0.636. The van der Waals surface area contributed by atoms with Gasteiger partial charge in [-0.1, -0.05) is 0 Å². The van der Waals surface area contributed by atoms with Crippen LogP contribution in [0.4, 0.5) is 0 Å². The van der Waals surface area contributed by atoms with Gasteiger partial charge in [0.15, 0.2) is 0 Å². The molecule has 0 fully saturated rings. The van der Waals surface area contributed by atoms with Crippen LogP contribution in [-0.2, 0) is 7.05 Å². The first kappa shape index (κ1) is 12.7. The smallest absolute Gasteiger partial charge is 0.254 e. The molecule has 1 rings (SSSR count). The maximum Gasteiger partial charge on any atom is 0.254 e. The molecule has 0 saturated heterocycles. The van der Waals surface area contributed by atoms with Crippen molar-refractivity contribution in [1.82, 2.24) is 15.1 Å². The number of nitrogens with two attached hydrogens (primary N) is 1. The highest BCUT2D eigenvalue weighted by Gasteiger charge is 2.15. The Labute approximate surface area is 96.0 Å². The molecule has 2 atom stereocenters. The molecule has 0 aliphatic heterocycles. The van der Waals surface area contributed by atoms with Crippen LogP contribution in [0.25, 0.3) is 0 Å². The predicted octanol–water partition coefficient (Wildman–Crippen LogP) is 0.584. The van der Waals surface area contributed by atoms with Crippen molar-refractivity contribution in [2.45, 2.75) is 39.3 Å². The zero-order valence-electron chi connectivity index (χ0n) is 10.3. The molecule has 16 heavy (non-hydrogen) atoms. The quantitative estimate of drug-likeness (QED) is 0.786. The average molecular weight is 224 g/mol. The third-order valence-electron chi connectivity index (χ3n) is 2.58. The van der Waals surface area contributed by atoms with Crippen molar-refractivity contribution in [3.05, 3.63) is 17.5 Å². The molecule has 0 saturated carbocycles. The van der Waals surface area contributed by atoms with Gasteiger partial charge in [0.05, 0.1) is 11.8 Å². The minimum absolute atomic E-state index is 0.0760. The minimum atomic E-state index is -0.0845. The van der Waals surface area contributed by atoms with E-state index < -0.39 is 0 Å².